The van der Waals surface area contributed by atoms with Crippen molar-refractivity contribution in [1.82, 2.24) is 29.0 Å². The maximum atomic E-state index is 14.4. The SMILES string of the molecule is COc1ccc(F)cc1[C@H](Cn1c(=O)n([C@@H]2CCCN(C(C)C)C2=O)c(=O)c2c(C)c(-n3nccn3)sc21)OCCO. The Kier molecular flexibility index (Phi) is 8.57. The van der Waals surface area contributed by atoms with Crippen LogP contribution in [0.2, 0.25) is 0 Å². The molecule has 1 aromatic carbocycles. The van der Waals surface area contributed by atoms with E-state index in [9.17, 15) is 23.9 Å². The van der Waals surface area contributed by atoms with Gasteiger partial charge in [-0.05, 0) is 51.8 Å². The average molecular weight is 601 g/mol. The fourth-order valence-corrected chi connectivity index (χ4v) is 6.71. The molecule has 0 bridgehead atoms. The van der Waals surface area contributed by atoms with Crippen molar-refractivity contribution >= 4 is 27.5 Å². The minimum absolute atomic E-state index is 0.0981. The second-order valence-corrected chi connectivity index (χ2v) is 11.3. The smallest absolute Gasteiger partial charge is 0.332 e. The Hall–Kier alpha value is -3.88. The van der Waals surface area contributed by atoms with E-state index >= 15 is 0 Å². The molecule has 0 spiro atoms. The van der Waals surface area contributed by atoms with Gasteiger partial charge in [-0.1, -0.05) is 11.3 Å². The number of likely N-dealkylation sites (tertiary alicyclic amines) is 1. The molecule has 0 unspecified atom stereocenters. The molecule has 1 amide bonds. The van der Waals surface area contributed by atoms with Crippen molar-refractivity contribution in [2.75, 3.05) is 26.9 Å². The summed E-state index contributed by atoms with van der Waals surface area (Å²) in [4.78, 5) is 45.4. The third kappa shape index (κ3) is 5.25. The molecule has 3 aromatic heterocycles. The monoisotopic (exact) mass is 600 g/mol. The summed E-state index contributed by atoms with van der Waals surface area (Å²) in [6, 6.07) is 2.87. The van der Waals surface area contributed by atoms with Crippen LogP contribution in [0.15, 0.2) is 40.2 Å². The Balaban J connectivity index is 1.76. The first kappa shape index (κ1) is 29.6. The van der Waals surface area contributed by atoms with Gasteiger partial charge in [0.25, 0.3) is 5.56 Å². The van der Waals surface area contributed by atoms with E-state index in [0.29, 0.717) is 46.1 Å². The van der Waals surface area contributed by atoms with Gasteiger partial charge in [-0.3, -0.25) is 14.2 Å². The Bertz CT molecular complexity index is 1710. The number of rotatable bonds is 10. The number of aliphatic hydroxyl groups excluding tert-OH is 1. The van der Waals surface area contributed by atoms with Crippen LogP contribution in [0.25, 0.3) is 15.2 Å². The van der Waals surface area contributed by atoms with Crippen molar-refractivity contribution in [3.8, 4) is 10.8 Å². The van der Waals surface area contributed by atoms with Gasteiger partial charge in [0.2, 0.25) is 5.91 Å². The van der Waals surface area contributed by atoms with Crippen LogP contribution in [-0.4, -0.2) is 73.0 Å². The summed E-state index contributed by atoms with van der Waals surface area (Å²) < 4.78 is 28.2. The first-order valence-electron chi connectivity index (χ1n) is 13.7. The van der Waals surface area contributed by atoms with Crippen LogP contribution in [0.1, 0.15) is 50.0 Å². The summed E-state index contributed by atoms with van der Waals surface area (Å²) in [5.74, 6) is -0.495. The molecule has 4 heterocycles. The number of carbonyl (C=O) groups is 1. The minimum atomic E-state index is -0.983. The van der Waals surface area contributed by atoms with Gasteiger partial charge in [0.05, 0.1) is 44.6 Å². The number of carbonyl (C=O) groups excluding carboxylic acids is 1. The fourth-order valence-electron chi connectivity index (χ4n) is 5.49. The van der Waals surface area contributed by atoms with Gasteiger partial charge in [-0.15, -0.1) is 4.80 Å². The number of aromatic nitrogens is 5. The van der Waals surface area contributed by atoms with E-state index in [1.54, 1.807) is 11.8 Å². The minimum Gasteiger partial charge on any atom is -0.496 e. The summed E-state index contributed by atoms with van der Waals surface area (Å²) in [6.07, 6.45) is 3.03. The molecule has 42 heavy (non-hydrogen) atoms. The molecule has 1 fully saturated rings. The summed E-state index contributed by atoms with van der Waals surface area (Å²) in [6.45, 7) is 5.51. The number of ether oxygens (including phenoxy) is 2. The van der Waals surface area contributed by atoms with Crippen LogP contribution >= 0.6 is 11.3 Å². The predicted octanol–water partition coefficient (Wildman–Crippen LogP) is 2.58. The fraction of sp³-hybridized carbons (Fsp3) is 0.464. The lowest BCUT2D eigenvalue weighted by atomic mass is 10.0. The van der Waals surface area contributed by atoms with E-state index in [4.69, 9.17) is 9.47 Å². The number of halogens is 1. The number of amides is 1. The van der Waals surface area contributed by atoms with Crippen molar-refractivity contribution in [3.63, 3.8) is 0 Å². The number of nitrogens with zero attached hydrogens (tertiary/aromatic N) is 6. The number of hydrogen-bond donors (Lipinski definition) is 1. The largest absolute Gasteiger partial charge is 0.496 e. The number of aliphatic hydroxyl groups is 1. The highest BCUT2D eigenvalue weighted by molar-refractivity contribution is 7.21. The number of aryl methyl sites for hydroxylation is 1. The average Bonchev–Trinajstić information content (AvgIpc) is 3.61. The van der Waals surface area contributed by atoms with Gasteiger partial charge in [0, 0.05) is 23.7 Å². The lowest BCUT2D eigenvalue weighted by Gasteiger charge is -2.35. The lowest BCUT2D eigenvalue weighted by molar-refractivity contribution is -0.139. The van der Waals surface area contributed by atoms with E-state index in [1.807, 2.05) is 13.8 Å². The normalized spacial score (nSPS) is 16.5. The second-order valence-electron chi connectivity index (χ2n) is 10.4. The Morgan fingerprint density at radius 1 is 1.19 bits per heavy atom. The molecule has 12 nitrogen and oxygen atoms in total. The predicted molar refractivity (Wildman–Crippen MR) is 154 cm³/mol. The molecular weight excluding hydrogens is 567 g/mol. The molecule has 0 saturated carbocycles. The van der Waals surface area contributed by atoms with Crippen LogP contribution in [-0.2, 0) is 16.1 Å². The number of hydrogen-bond acceptors (Lipinski definition) is 9. The molecule has 0 aliphatic carbocycles. The van der Waals surface area contributed by atoms with Gasteiger partial charge in [0.1, 0.15) is 33.5 Å². The number of thiophene rings is 1. The van der Waals surface area contributed by atoms with E-state index in [1.165, 1.54) is 47.1 Å². The second kappa shape index (κ2) is 12.2. The number of fused-ring (bicyclic) bond motifs is 1. The standard InChI is InChI=1S/C28H33FN6O6S/c1-16(2)32-11-5-6-20(24(32)37)34-25(38)23-17(3)26(35-30-9-10-31-35)42-27(23)33(28(34)39)15-22(41-13-12-36)19-14-18(29)7-8-21(19)40-4/h7-10,14,16,20,22,36H,5-6,11-13,15H2,1-4H3/t20-,22+/m1/s1. The third-order valence-electron chi connectivity index (χ3n) is 7.50. The zero-order chi connectivity index (χ0) is 30.1. The van der Waals surface area contributed by atoms with Crippen molar-refractivity contribution in [2.45, 2.75) is 58.3 Å². The van der Waals surface area contributed by atoms with Crippen LogP contribution in [0.5, 0.6) is 5.75 Å². The quantitative estimate of drug-likeness (QED) is 0.294. The Labute approximate surface area is 244 Å². The zero-order valence-electron chi connectivity index (χ0n) is 23.8. The highest BCUT2D eigenvalue weighted by atomic mass is 32.1. The molecule has 1 saturated heterocycles. The summed E-state index contributed by atoms with van der Waals surface area (Å²) in [7, 11) is 1.44. The van der Waals surface area contributed by atoms with Crippen LogP contribution in [0, 0.1) is 12.7 Å². The summed E-state index contributed by atoms with van der Waals surface area (Å²) in [5.41, 5.74) is -0.381. The lowest BCUT2D eigenvalue weighted by Crippen LogP contribution is -2.52. The van der Waals surface area contributed by atoms with Gasteiger partial charge >= 0.3 is 5.69 Å². The first-order chi connectivity index (χ1) is 20.2. The number of benzene rings is 1. The molecule has 224 valence electrons. The van der Waals surface area contributed by atoms with Crippen LogP contribution < -0.4 is 16.0 Å². The van der Waals surface area contributed by atoms with E-state index < -0.39 is 29.2 Å². The molecule has 1 N–H and O–H groups in total. The molecule has 1 aliphatic rings. The van der Waals surface area contributed by atoms with Gasteiger partial charge in [-0.2, -0.15) is 10.2 Å². The maximum Gasteiger partial charge on any atom is 0.332 e. The Morgan fingerprint density at radius 2 is 1.93 bits per heavy atom. The third-order valence-corrected chi connectivity index (χ3v) is 8.78. The van der Waals surface area contributed by atoms with Gasteiger partial charge < -0.3 is 19.5 Å². The highest BCUT2D eigenvalue weighted by Gasteiger charge is 2.35. The summed E-state index contributed by atoms with van der Waals surface area (Å²) in [5, 5.41) is 18.7. The molecule has 1 aliphatic heterocycles. The topological polar surface area (TPSA) is 134 Å². The van der Waals surface area contributed by atoms with Crippen LogP contribution in [0.3, 0.4) is 0 Å². The van der Waals surface area contributed by atoms with Crippen molar-refractivity contribution < 1.29 is 23.8 Å². The summed E-state index contributed by atoms with van der Waals surface area (Å²) >= 11 is 1.15. The number of methoxy groups -OCH3 is 1. The van der Waals surface area contributed by atoms with Crippen LogP contribution in [0.4, 0.5) is 4.39 Å². The molecule has 0 radical (unpaired) electrons. The molecule has 14 heteroatoms. The van der Waals surface area contributed by atoms with Gasteiger partial charge in [0.15, 0.2) is 0 Å². The van der Waals surface area contributed by atoms with Crippen molar-refractivity contribution in [2.24, 2.45) is 0 Å². The molecule has 5 rings (SSSR count). The van der Waals surface area contributed by atoms with Crippen molar-refractivity contribution in [1.29, 1.82) is 0 Å². The molecule has 4 aromatic rings. The van der Waals surface area contributed by atoms with E-state index in [0.717, 1.165) is 15.9 Å². The zero-order valence-corrected chi connectivity index (χ0v) is 24.6. The maximum absolute atomic E-state index is 14.4. The molecule has 2 atom stereocenters. The van der Waals surface area contributed by atoms with Crippen molar-refractivity contribution in [3.05, 3.63) is 68.4 Å². The van der Waals surface area contributed by atoms with Gasteiger partial charge in [-0.25, -0.2) is 13.8 Å². The first-order valence-corrected chi connectivity index (χ1v) is 14.5. The highest BCUT2D eigenvalue weighted by Crippen LogP contribution is 2.34. The number of piperidine rings is 1. The Morgan fingerprint density at radius 3 is 2.60 bits per heavy atom. The van der Waals surface area contributed by atoms with E-state index in [-0.39, 0.29) is 37.1 Å². The van der Waals surface area contributed by atoms with E-state index in [2.05, 4.69) is 10.2 Å². The molecular formula is C28H33FN6O6S.